The van der Waals surface area contributed by atoms with Gasteiger partial charge in [0, 0.05) is 0 Å². The SMILES string of the molecule is Cl.Cl.[CH2]=[Zr]([C]1=C(CC)C(CC)=CC1)[C]1=C(CC)C(CC)=CC1. The van der Waals surface area contributed by atoms with E-state index in [-0.39, 0.29) is 24.8 Å². The van der Waals surface area contributed by atoms with Gasteiger partial charge in [0.1, 0.15) is 0 Å². The molecule has 124 valence electrons. The van der Waals surface area contributed by atoms with E-state index in [2.05, 4.69) is 39.8 Å². The quantitative estimate of drug-likeness (QED) is 0.449. The van der Waals surface area contributed by atoms with E-state index in [0.29, 0.717) is 0 Å². The molecule has 2 rings (SSSR count). The van der Waals surface area contributed by atoms with Crippen LogP contribution in [0.1, 0.15) is 66.2 Å². The normalized spacial score (nSPS) is 17.1. The molecular weight excluding hydrogens is 390 g/mol. The van der Waals surface area contributed by atoms with Crippen molar-refractivity contribution in [1.29, 1.82) is 0 Å². The first-order valence-electron chi connectivity index (χ1n) is 8.20. The summed E-state index contributed by atoms with van der Waals surface area (Å²) in [6, 6.07) is 0. The molecule has 0 heterocycles. The zero-order valence-corrected chi connectivity index (χ0v) is 18.5. The van der Waals surface area contributed by atoms with Crippen LogP contribution in [0.15, 0.2) is 41.0 Å². The summed E-state index contributed by atoms with van der Waals surface area (Å²) in [6.07, 6.45) is 12.2. The summed E-state index contributed by atoms with van der Waals surface area (Å²) in [5.74, 6) is 0. The minimum absolute atomic E-state index is 0. The first kappa shape index (κ1) is 22.3. The second kappa shape index (κ2) is 10.2. The molecule has 0 saturated heterocycles. The number of allylic oxidation sites excluding steroid dienone is 8. The second-order valence-electron chi connectivity index (χ2n) is 5.67. The topological polar surface area (TPSA) is 0 Å². The van der Waals surface area contributed by atoms with Gasteiger partial charge in [-0.15, -0.1) is 24.8 Å². The molecule has 2 aliphatic carbocycles. The van der Waals surface area contributed by atoms with Gasteiger partial charge in [0.25, 0.3) is 0 Å². The average molecular weight is 421 g/mol. The summed E-state index contributed by atoms with van der Waals surface area (Å²) in [6.45, 7) is 9.22. The molecule has 0 aromatic heterocycles. The van der Waals surface area contributed by atoms with Crippen molar-refractivity contribution in [1.82, 2.24) is 0 Å². The summed E-state index contributed by atoms with van der Waals surface area (Å²) in [5, 5.41) is 0. The van der Waals surface area contributed by atoms with Crippen LogP contribution in [0.5, 0.6) is 0 Å². The molecule has 0 spiro atoms. The zero-order valence-electron chi connectivity index (χ0n) is 14.4. The van der Waals surface area contributed by atoms with Crippen molar-refractivity contribution < 1.29 is 21.3 Å². The Labute approximate surface area is 156 Å². The average Bonchev–Trinajstić information content (AvgIpc) is 3.08. The third-order valence-electron chi connectivity index (χ3n) is 4.81. The third-order valence-corrected chi connectivity index (χ3v) is 10.9. The molecule has 0 radical (unpaired) electrons. The van der Waals surface area contributed by atoms with Crippen LogP contribution in [0.3, 0.4) is 0 Å². The Morgan fingerprint density at radius 1 is 0.773 bits per heavy atom. The fraction of sp³-hybridized carbons (Fsp3) is 0.526. The number of rotatable bonds is 6. The molecule has 0 atom stereocenters. The number of hydrogen-bond acceptors (Lipinski definition) is 0. The van der Waals surface area contributed by atoms with Crippen molar-refractivity contribution in [3.8, 4) is 0 Å². The fourth-order valence-electron chi connectivity index (χ4n) is 3.72. The molecule has 0 unspecified atom stereocenters. The Hall–Kier alpha value is 0.293. The Morgan fingerprint density at radius 2 is 1.14 bits per heavy atom. The van der Waals surface area contributed by atoms with Crippen molar-refractivity contribution in [3.05, 3.63) is 41.0 Å². The van der Waals surface area contributed by atoms with Crippen LogP contribution >= 0.6 is 24.8 Å². The molecule has 0 nitrogen and oxygen atoms in total. The van der Waals surface area contributed by atoms with Gasteiger partial charge in [0.2, 0.25) is 0 Å². The maximum absolute atomic E-state index is 4.75. The summed E-state index contributed by atoms with van der Waals surface area (Å²) in [5.41, 5.74) is 6.60. The molecule has 0 aromatic carbocycles. The van der Waals surface area contributed by atoms with E-state index in [4.69, 9.17) is 4.21 Å². The van der Waals surface area contributed by atoms with E-state index in [0.717, 1.165) is 0 Å². The fourth-order valence-corrected chi connectivity index (χ4v) is 9.78. The van der Waals surface area contributed by atoms with Crippen molar-refractivity contribution in [2.75, 3.05) is 0 Å². The molecule has 22 heavy (non-hydrogen) atoms. The predicted octanol–water partition coefficient (Wildman–Crippen LogP) is 6.69. The summed E-state index contributed by atoms with van der Waals surface area (Å²) >= 11 is -1.80. The molecule has 0 aliphatic heterocycles. The first-order valence-corrected chi connectivity index (χ1v) is 12.4. The van der Waals surface area contributed by atoms with E-state index in [9.17, 15) is 0 Å². The minimum atomic E-state index is -1.80. The van der Waals surface area contributed by atoms with E-state index >= 15 is 0 Å². The van der Waals surface area contributed by atoms with Gasteiger partial charge in [-0.2, -0.15) is 0 Å². The Kier molecular flexibility index (Phi) is 10.4. The van der Waals surface area contributed by atoms with E-state index < -0.39 is 21.3 Å². The van der Waals surface area contributed by atoms with Crippen LogP contribution < -0.4 is 0 Å². The van der Waals surface area contributed by atoms with Gasteiger partial charge in [0.05, 0.1) is 0 Å². The molecule has 0 N–H and O–H groups in total. The maximum atomic E-state index is 4.75. The van der Waals surface area contributed by atoms with Gasteiger partial charge in [-0.1, -0.05) is 0 Å². The van der Waals surface area contributed by atoms with Crippen LogP contribution in [-0.4, -0.2) is 4.21 Å². The standard InChI is InChI=1S/2C9H13.CH2.2ClH.Zr/c2*1-3-8-6-5-7-9(8)4-2;;;;/h2*6H,3-5H2,1-2H3;1H2;2*1H;. The Balaban J connectivity index is 0.00000220. The van der Waals surface area contributed by atoms with Crippen LogP contribution in [-0.2, 0) is 21.3 Å². The van der Waals surface area contributed by atoms with Gasteiger partial charge in [-0.25, -0.2) is 0 Å². The zero-order chi connectivity index (χ0) is 14.7. The molecule has 0 aromatic rings. The van der Waals surface area contributed by atoms with Crippen molar-refractivity contribution in [2.45, 2.75) is 66.2 Å². The molecule has 0 bridgehead atoms. The summed E-state index contributed by atoms with van der Waals surface area (Å²) in [4.78, 5) is 0. The molecule has 0 saturated carbocycles. The van der Waals surface area contributed by atoms with E-state index in [1.54, 1.807) is 28.9 Å². The monoisotopic (exact) mass is 418 g/mol. The van der Waals surface area contributed by atoms with Crippen molar-refractivity contribution in [2.24, 2.45) is 0 Å². The second-order valence-corrected chi connectivity index (χ2v) is 11.0. The van der Waals surface area contributed by atoms with Gasteiger partial charge in [-0.05, 0) is 0 Å². The van der Waals surface area contributed by atoms with Crippen molar-refractivity contribution in [3.63, 3.8) is 0 Å². The van der Waals surface area contributed by atoms with E-state index in [1.165, 1.54) is 38.5 Å². The third kappa shape index (κ3) is 4.22. The molecule has 0 fully saturated rings. The van der Waals surface area contributed by atoms with Gasteiger partial charge < -0.3 is 0 Å². The number of halogens is 2. The van der Waals surface area contributed by atoms with Gasteiger partial charge in [-0.3, -0.25) is 0 Å². The Bertz CT molecular complexity index is 500. The Morgan fingerprint density at radius 3 is 1.41 bits per heavy atom. The van der Waals surface area contributed by atoms with Crippen LogP contribution in [0.2, 0.25) is 0 Å². The molecule has 3 heteroatoms. The summed E-state index contributed by atoms with van der Waals surface area (Å²) in [7, 11) is 0. The molecule has 2 aliphatic rings. The van der Waals surface area contributed by atoms with E-state index in [1.807, 2.05) is 0 Å². The summed E-state index contributed by atoms with van der Waals surface area (Å²) < 4.78 is 8.33. The van der Waals surface area contributed by atoms with Gasteiger partial charge >= 0.3 is 133 Å². The van der Waals surface area contributed by atoms with Crippen molar-refractivity contribution >= 4 is 29.0 Å². The molecular formula is C19H30Cl2Zr. The van der Waals surface area contributed by atoms with Crippen LogP contribution in [0, 0.1) is 0 Å². The molecule has 0 amide bonds. The van der Waals surface area contributed by atoms with Gasteiger partial charge in [0.15, 0.2) is 0 Å². The van der Waals surface area contributed by atoms with Crippen LogP contribution in [0.25, 0.3) is 0 Å². The number of hydrogen-bond donors (Lipinski definition) is 0. The van der Waals surface area contributed by atoms with Crippen LogP contribution in [0.4, 0.5) is 0 Å². The predicted molar refractivity (Wildman–Crippen MR) is 102 cm³/mol. The first-order chi connectivity index (χ1) is 9.67.